The standard InChI is InChI=1S/C13H25N3O2S/c1-12-4-3-7-16(11-12)19(17,18)15-8-5-13(6-9-15)10-14-2/h4,13-14H,3,5-11H2,1-2H3. The summed E-state index contributed by atoms with van der Waals surface area (Å²) in [6, 6.07) is 0. The van der Waals surface area contributed by atoms with Gasteiger partial charge < -0.3 is 5.32 Å². The van der Waals surface area contributed by atoms with Crippen molar-refractivity contribution in [3.63, 3.8) is 0 Å². The van der Waals surface area contributed by atoms with E-state index >= 15 is 0 Å². The SMILES string of the molecule is CNCC1CCN(S(=O)(=O)N2CCC=C(C)C2)CC1. The Labute approximate surface area is 116 Å². The van der Waals surface area contributed by atoms with E-state index in [4.69, 9.17) is 0 Å². The lowest BCUT2D eigenvalue weighted by molar-refractivity contribution is 0.252. The number of piperidine rings is 1. The molecule has 0 spiro atoms. The second kappa shape index (κ2) is 6.35. The second-order valence-corrected chi connectivity index (χ2v) is 7.51. The zero-order valence-corrected chi connectivity index (χ0v) is 12.7. The van der Waals surface area contributed by atoms with Gasteiger partial charge in [-0.3, -0.25) is 0 Å². The number of rotatable bonds is 4. The van der Waals surface area contributed by atoms with Gasteiger partial charge in [-0.05, 0) is 45.7 Å². The van der Waals surface area contributed by atoms with Crippen molar-refractivity contribution in [1.82, 2.24) is 13.9 Å². The zero-order chi connectivity index (χ0) is 13.9. The van der Waals surface area contributed by atoms with Gasteiger partial charge in [-0.2, -0.15) is 17.0 Å². The molecule has 1 N–H and O–H groups in total. The highest BCUT2D eigenvalue weighted by atomic mass is 32.2. The number of nitrogens with one attached hydrogen (secondary N) is 1. The summed E-state index contributed by atoms with van der Waals surface area (Å²) >= 11 is 0. The van der Waals surface area contributed by atoms with Crippen molar-refractivity contribution in [2.45, 2.75) is 26.2 Å². The van der Waals surface area contributed by atoms with E-state index in [1.165, 1.54) is 0 Å². The average molecular weight is 287 g/mol. The molecule has 0 radical (unpaired) electrons. The molecule has 6 heteroatoms. The summed E-state index contributed by atoms with van der Waals surface area (Å²) in [5.74, 6) is 0.611. The van der Waals surface area contributed by atoms with Crippen molar-refractivity contribution in [3.8, 4) is 0 Å². The monoisotopic (exact) mass is 287 g/mol. The minimum absolute atomic E-state index is 0.554. The van der Waals surface area contributed by atoms with Crippen molar-refractivity contribution in [3.05, 3.63) is 11.6 Å². The van der Waals surface area contributed by atoms with E-state index in [9.17, 15) is 8.42 Å². The van der Waals surface area contributed by atoms with Gasteiger partial charge in [-0.1, -0.05) is 11.6 Å². The maximum atomic E-state index is 12.6. The minimum atomic E-state index is -3.25. The predicted molar refractivity (Wildman–Crippen MR) is 77.1 cm³/mol. The molecule has 1 fully saturated rings. The summed E-state index contributed by atoms with van der Waals surface area (Å²) in [7, 11) is -1.30. The highest BCUT2D eigenvalue weighted by Gasteiger charge is 2.33. The van der Waals surface area contributed by atoms with Crippen LogP contribution in [0.2, 0.25) is 0 Å². The minimum Gasteiger partial charge on any atom is -0.319 e. The smallest absolute Gasteiger partial charge is 0.282 e. The fourth-order valence-corrected chi connectivity index (χ4v) is 4.57. The Morgan fingerprint density at radius 2 is 1.95 bits per heavy atom. The first-order chi connectivity index (χ1) is 9.04. The summed E-state index contributed by atoms with van der Waals surface area (Å²) < 4.78 is 28.4. The van der Waals surface area contributed by atoms with Crippen LogP contribution in [-0.2, 0) is 10.2 Å². The van der Waals surface area contributed by atoms with Gasteiger partial charge >= 0.3 is 0 Å². The maximum absolute atomic E-state index is 12.6. The topological polar surface area (TPSA) is 52.7 Å². The first kappa shape index (κ1) is 15.0. The molecule has 0 aromatic heterocycles. The summed E-state index contributed by atoms with van der Waals surface area (Å²) in [5, 5.41) is 3.17. The highest BCUT2D eigenvalue weighted by molar-refractivity contribution is 7.86. The lowest BCUT2D eigenvalue weighted by Crippen LogP contribution is -2.49. The third kappa shape index (κ3) is 3.56. The van der Waals surface area contributed by atoms with E-state index in [2.05, 4.69) is 11.4 Å². The Morgan fingerprint density at radius 1 is 1.26 bits per heavy atom. The van der Waals surface area contributed by atoms with Crippen LogP contribution in [0.5, 0.6) is 0 Å². The molecule has 0 unspecified atom stereocenters. The summed E-state index contributed by atoms with van der Waals surface area (Å²) in [6.07, 6.45) is 4.89. The molecule has 0 aliphatic carbocycles. The van der Waals surface area contributed by atoms with Gasteiger partial charge in [0, 0.05) is 26.2 Å². The van der Waals surface area contributed by atoms with Crippen LogP contribution in [0.1, 0.15) is 26.2 Å². The van der Waals surface area contributed by atoms with Crippen LogP contribution in [0, 0.1) is 5.92 Å². The van der Waals surface area contributed by atoms with Crippen LogP contribution >= 0.6 is 0 Å². The quantitative estimate of drug-likeness (QED) is 0.779. The Bertz CT molecular complexity index is 425. The lowest BCUT2D eigenvalue weighted by atomic mass is 9.98. The van der Waals surface area contributed by atoms with Gasteiger partial charge in [-0.15, -0.1) is 0 Å². The van der Waals surface area contributed by atoms with Crippen molar-refractivity contribution >= 4 is 10.2 Å². The molecule has 0 amide bonds. The first-order valence-corrected chi connectivity index (χ1v) is 8.49. The Morgan fingerprint density at radius 3 is 2.53 bits per heavy atom. The maximum Gasteiger partial charge on any atom is 0.282 e. The fraction of sp³-hybridized carbons (Fsp3) is 0.846. The number of nitrogens with zero attached hydrogens (tertiary/aromatic N) is 2. The molecular weight excluding hydrogens is 262 g/mol. The molecule has 2 heterocycles. The third-order valence-corrected chi connectivity index (χ3v) is 6.00. The Balaban J connectivity index is 1.96. The molecule has 19 heavy (non-hydrogen) atoms. The molecule has 110 valence electrons. The molecule has 5 nitrogen and oxygen atoms in total. The van der Waals surface area contributed by atoms with E-state index in [1.807, 2.05) is 14.0 Å². The third-order valence-electron chi connectivity index (χ3n) is 4.02. The van der Waals surface area contributed by atoms with Gasteiger partial charge in [0.1, 0.15) is 0 Å². The van der Waals surface area contributed by atoms with Crippen LogP contribution in [0.15, 0.2) is 11.6 Å². The van der Waals surface area contributed by atoms with Crippen LogP contribution in [0.25, 0.3) is 0 Å². The second-order valence-electron chi connectivity index (χ2n) is 5.58. The fourth-order valence-electron chi connectivity index (χ4n) is 2.87. The van der Waals surface area contributed by atoms with Crippen molar-refractivity contribution in [2.24, 2.45) is 5.92 Å². The summed E-state index contributed by atoms with van der Waals surface area (Å²) in [4.78, 5) is 0. The largest absolute Gasteiger partial charge is 0.319 e. The van der Waals surface area contributed by atoms with Gasteiger partial charge in [-0.25, -0.2) is 0 Å². The average Bonchev–Trinajstić information content (AvgIpc) is 2.40. The summed E-state index contributed by atoms with van der Waals surface area (Å²) in [6.45, 7) is 5.48. The zero-order valence-electron chi connectivity index (χ0n) is 11.9. The molecule has 2 rings (SSSR count). The summed E-state index contributed by atoms with van der Waals surface area (Å²) in [5.41, 5.74) is 1.15. The van der Waals surface area contributed by atoms with Crippen molar-refractivity contribution < 1.29 is 8.42 Å². The van der Waals surface area contributed by atoms with Gasteiger partial charge in [0.2, 0.25) is 0 Å². The lowest BCUT2D eigenvalue weighted by Gasteiger charge is -2.36. The van der Waals surface area contributed by atoms with Crippen LogP contribution in [0.3, 0.4) is 0 Å². The van der Waals surface area contributed by atoms with Crippen LogP contribution < -0.4 is 5.32 Å². The van der Waals surface area contributed by atoms with Crippen LogP contribution in [-0.4, -0.2) is 56.8 Å². The Hall–Kier alpha value is -0.430. The number of hydrogen-bond donors (Lipinski definition) is 1. The molecule has 2 aliphatic heterocycles. The Kier molecular flexibility index (Phi) is 5.00. The molecule has 1 saturated heterocycles. The normalized spacial score (nSPS) is 24.4. The van der Waals surface area contributed by atoms with Gasteiger partial charge in [0.15, 0.2) is 0 Å². The van der Waals surface area contributed by atoms with E-state index in [1.54, 1.807) is 8.61 Å². The van der Waals surface area contributed by atoms with E-state index in [0.29, 0.717) is 32.1 Å². The van der Waals surface area contributed by atoms with E-state index < -0.39 is 10.2 Å². The van der Waals surface area contributed by atoms with E-state index in [0.717, 1.165) is 31.4 Å². The predicted octanol–water partition coefficient (Wildman–Crippen LogP) is 0.815. The molecular formula is C13H25N3O2S. The van der Waals surface area contributed by atoms with Crippen molar-refractivity contribution in [1.29, 1.82) is 0 Å². The van der Waals surface area contributed by atoms with E-state index in [-0.39, 0.29) is 0 Å². The molecule has 0 saturated carbocycles. The van der Waals surface area contributed by atoms with Gasteiger partial charge in [0.05, 0.1) is 0 Å². The molecule has 2 aliphatic rings. The number of hydrogen-bond acceptors (Lipinski definition) is 3. The van der Waals surface area contributed by atoms with Gasteiger partial charge in [0.25, 0.3) is 10.2 Å². The molecule has 0 aromatic carbocycles. The highest BCUT2D eigenvalue weighted by Crippen LogP contribution is 2.23. The molecule has 0 bridgehead atoms. The van der Waals surface area contributed by atoms with Crippen LogP contribution in [0.4, 0.5) is 0 Å². The van der Waals surface area contributed by atoms with Crippen molar-refractivity contribution in [2.75, 3.05) is 39.8 Å². The molecule has 0 aromatic rings. The molecule has 0 atom stereocenters. The first-order valence-electron chi connectivity index (χ1n) is 7.09.